The number of carbonyl (C=O) groups excluding carboxylic acids is 1. The zero-order chi connectivity index (χ0) is 17.1. The van der Waals surface area contributed by atoms with Gasteiger partial charge in [-0.2, -0.15) is 0 Å². The van der Waals surface area contributed by atoms with E-state index in [2.05, 4.69) is 0 Å². The first-order chi connectivity index (χ1) is 11.5. The fraction of sp³-hybridized carbons (Fsp3) is 0.944. The molecule has 4 unspecified atom stereocenters. The molecule has 138 valence electrons. The Morgan fingerprint density at radius 1 is 1.08 bits per heavy atom. The summed E-state index contributed by atoms with van der Waals surface area (Å²) in [6, 6.07) is 0. The van der Waals surface area contributed by atoms with Gasteiger partial charge in [0.1, 0.15) is 6.17 Å². The van der Waals surface area contributed by atoms with E-state index in [4.69, 9.17) is 4.74 Å². The Labute approximate surface area is 143 Å². The Bertz CT molecular complexity index is 421. The number of likely N-dealkylation sites (tertiary alicyclic amines) is 1. The van der Waals surface area contributed by atoms with Crippen LogP contribution in [-0.4, -0.2) is 65.2 Å². The van der Waals surface area contributed by atoms with Crippen LogP contribution in [0.3, 0.4) is 0 Å². The van der Waals surface area contributed by atoms with Crippen LogP contribution in [-0.2, 0) is 9.53 Å². The molecule has 4 atom stereocenters. The van der Waals surface area contributed by atoms with Gasteiger partial charge in [-0.15, -0.1) is 0 Å². The van der Waals surface area contributed by atoms with E-state index in [0.29, 0.717) is 31.8 Å². The highest BCUT2D eigenvalue weighted by molar-refractivity contribution is 5.80. The van der Waals surface area contributed by atoms with E-state index in [9.17, 15) is 19.4 Å². The van der Waals surface area contributed by atoms with Crippen molar-refractivity contribution in [1.29, 1.82) is 0 Å². The van der Waals surface area contributed by atoms with E-state index in [1.807, 2.05) is 4.90 Å². The van der Waals surface area contributed by atoms with Gasteiger partial charge in [-0.3, -0.25) is 4.79 Å². The zero-order valence-corrected chi connectivity index (χ0v) is 14.3. The minimum atomic E-state index is -0.853. The number of nitrogens with zero attached hydrogens (tertiary/aromatic N) is 1. The van der Waals surface area contributed by atoms with Crippen molar-refractivity contribution in [3.63, 3.8) is 0 Å². The molecule has 1 saturated heterocycles. The van der Waals surface area contributed by atoms with Crippen molar-refractivity contribution in [2.24, 2.45) is 11.8 Å². The lowest BCUT2D eigenvalue weighted by atomic mass is 9.81. The molecule has 2 saturated carbocycles. The van der Waals surface area contributed by atoms with E-state index < -0.39 is 30.4 Å². The molecular weight excluding hydrogens is 313 g/mol. The summed E-state index contributed by atoms with van der Waals surface area (Å²) < 4.78 is 19.2. The lowest BCUT2D eigenvalue weighted by Gasteiger charge is -2.39. The number of hydrogen-bond acceptors (Lipinski definition) is 4. The van der Waals surface area contributed by atoms with Gasteiger partial charge in [0.15, 0.2) is 0 Å². The van der Waals surface area contributed by atoms with Crippen LogP contribution in [0, 0.1) is 11.8 Å². The van der Waals surface area contributed by atoms with Gasteiger partial charge in [-0.05, 0) is 44.4 Å². The molecule has 3 fully saturated rings. The molecule has 0 aromatic carbocycles. The first-order valence-electron chi connectivity index (χ1n) is 9.45. The van der Waals surface area contributed by atoms with Gasteiger partial charge >= 0.3 is 0 Å². The number of aliphatic hydroxyl groups is 2. The van der Waals surface area contributed by atoms with Gasteiger partial charge < -0.3 is 19.8 Å². The lowest BCUT2D eigenvalue weighted by Crippen LogP contribution is -2.52. The molecule has 24 heavy (non-hydrogen) atoms. The third-order valence-electron chi connectivity index (χ3n) is 5.86. The number of halogens is 1. The minimum Gasteiger partial charge on any atom is -0.393 e. The minimum absolute atomic E-state index is 0.0376. The third kappa shape index (κ3) is 4.27. The molecule has 1 heterocycles. The fourth-order valence-electron chi connectivity index (χ4n) is 4.38. The number of amides is 1. The molecule has 0 bridgehead atoms. The summed E-state index contributed by atoms with van der Waals surface area (Å²) in [5.41, 5.74) is 0. The zero-order valence-electron chi connectivity index (χ0n) is 14.3. The summed E-state index contributed by atoms with van der Waals surface area (Å²) >= 11 is 0. The second kappa shape index (κ2) is 8.11. The molecule has 0 radical (unpaired) electrons. The number of alkyl halides is 1. The largest absolute Gasteiger partial charge is 0.393 e. The molecule has 5 nitrogen and oxygen atoms in total. The van der Waals surface area contributed by atoms with E-state index in [0.717, 1.165) is 38.8 Å². The highest BCUT2D eigenvalue weighted by Crippen LogP contribution is 2.32. The quantitative estimate of drug-likeness (QED) is 0.814. The standard InChI is InChI=1S/C18H30FNO4/c19-13-5-3-12(4-6-13)11-24-16-10-14(21)9-15(22)17(16)18(23)20-7-1-2-8-20/h12-17,21-22H,1-11H2. The SMILES string of the molecule is O=C(C1C(O)CC(O)CC1OCC1CCC(F)CC1)N1CCCC1. The number of carbonyl (C=O) groups is 1. The van der Waals surface area contributed by atoms with Crippen LogP contribution >= 0.6 is 0 Å². The Morgan fingerprint density at radius 2 is 1.75 bits per heavy atom. The fourth-order valence-corrected chi connectivity index (χ4v) is 4.38. The average Bonchev–Trinajstić information content (AvgIpc) is 3.08. The van der Waals surface area contributed by atoms with Crippen molar-refractivity contribution >= 4 is 5.91 Å². The van der Waals surface area contributed by atoms with Crippen LogP contribution < -0.4 is 0 Å². The molecule has 0 spiro atoms. The first-order valence-corrected chi connectivity index (χ1v) is 9.45. The van der Waals surface area contributed by atoms with E-state index in [1.54, 1.807) is 0 Å². The number of aliphatic hydroxyl groups excluding tert-OH is 2. The van der Waals surface area contributed by atoms with Crippen LogP contribution in [0.15, 0.2) is 0 Å². The van der Waals surface area contributed by atoms with Crippen molar-refractivity contribution in [2.45, 2.75) is 75.9 Å². The van der Waals surface area contributed by atoms with Gasteiger partial charge in [-0.25, -0.2) is 4.39 Å². The molecule has 0 aromatic heterocycles. The summed E-state index contributed by atoms with van der Waals surface area (Å²) in [5, 5.41) is 20.3. The predicted molar refractivity (Wildman–Crippen MR) is 87.1 cm³/mol. The van der Waals surface area contributed by atoms with Gasteiger partial charge in [0, 0.05) is 32.5 Å². The van der Waals surface area contributed by atoms with Crippen LogP contribution in [0.25, 0.3) is 0 Å². The summed E-state index contributed by atoms with van der Waals surface area (Å²) in [6.07, 6.45) is 2.81. The van der Waals surface area contributed by atoms with Crippen molar-refractivity contribution in [3.8, 4) is 0 Å². The lowest BCUT2D eigenvalue weighted by molar-refractivity contribution is -0.158. The molecule has 2 aliphatic carbocycles. The summed E-state index contributed by atoms with van der Waals surface area (Å²) in [7, 11) is 0. The molecule has 1 amide bonds. The maximum absolute atomic E-state index is 13.2. The van der Waals surface area contributed by atoms with Crippen LogP contribution in [0.4, 0.5) is 4.39 Å². The topological polar surface area (TPSA) is 70.0 Å². The normalized spacial score (nSPS) is 40.7. The second-order valence-electron chi connectivity index (χ2n) is 7.74. The molecule has 3 aliphatic rings. The highest BCUT2D eigenvalue weighted by Gasteiger charge is 2.44. The molecule has 1 aliphatic heterocycles. The smallest absolute Gasteiger partial charge is 0.230 e. The summed E-state index contributed by atoms with van der Waals surface area (Å²) in [4.78, 5) is 14.6. The van der Waals surface area contributed by atoms with Gasteiger partial charge in [0.25, 0.3) is 0 Å². The third-order valence-corrected chi connectivity index (χ3v) is 5.86. The van der Waals surface area contributed by atoms with Crippen LogP contribution in [0.1, 0.15) is 51.4 Å². The predicted octanol–water partition coefficient (Wildman–Crippen LogP) is 1.65. The maximum Gasteiger partial charge on any atom is 0.230 e. The van der Waals surface area contributed by atoms with Crippen molar-refractivity contribution in [3.05, 3.63) is 0 Å². The maximum atomic E-state index is 13.2. The summed E-state index contributed by atoms with van der Waals surface area (Å²) in [5.74, 6) is -0.302. The Balaban J connectivity index is 1.59. The number of hydrogen-bond donors (Lipinski definition) is 2. The van der Waals surface area contributed by atoms with Gasteiger partial charge in [0.05, 0.1) is 24.2 Å². The van der Waals surface area contributed by atoms with Gasteiger partial charge in [-0.1, -0.05) is 0 Å². The van der Waals surface area contributed by atoms with Crippen LogP contribution in [0.5, 0.6) is 0 Å². The second-order valence-corrected chi connectivity index (χ2v) is 7.74. The molecule has 6 heteroatoms. The van der Waals surface area contributed by atoms with Crippen molar-refractivity contribution in [1.82, 2.24) is 4.90 Å². The Hall–Kier alpha value is -0.720. The van der Waals surface area contributed by atoms with Crippen molar-refractivity contribution < 1.29 is 24.1 Å². The first kappa shape index (κ1) is 18.1. The summed E-state index contributed by atoms with van der Waals surface area (Å²) in [6.45, 7) is 1.98. The van der Waals surface area contributed by atoms with Crippen molar-refractivity contribution in [2.75, 3.05) is 19.7 Å². The van der Waals surface area contributed by atoms with E-state index in [1.165, 1.54) is 0 Å². The van der Waals surface area contributed by atoms with Gasteiger partial charge in [0.2, 0.25) is 5.91 Å². The van der Waals surface area contributed by atoms with E-state index >= 15 is 0 Å². The number of rotatable bonds is 4. The Morgan fingerprint density at radius 3 is 2.42 bits per heavy atom. The van der Waals surface area contributed by atoms with E-state index in [-0.39, 0.29) is 12.3 Å². The van der Waals surface area contributed by atoms with Crippen LogP contribution in [0.2, 0.25) is 0 Å². The number of ether oxygens (including phenoxy) is 1. The Kier molecular flexibility index (Phi) is 6.11. The highest BCUT2D eigenvalue weighted by atomic mass is 19.1. The molecule has 0 aromatic rings. The molecule has 3 rings (SSSR count). The monoisotopic (exact) mass is 343 g/mol. The molecule has 2 N–H and O–H groups in total. The average molecular weight is 343 g/mol. The molecular formula is C18H30FNO4.